The number of carbonyl (C=O) groups is 1. The molecule has 0 spiro atoms. The molecule has 0 aliphatic rings. The van der Waals surface area contributed by atoms with Crippen LogP contribution in [-0.2, 0) is 11.0 Å². The van der Waals surface area contributed by atoms with Crippen molar-refractivity contribution in [2.24, 2.45) is 0 Å². The lowest BCUT2D eigenvalue weighted by molar-refractivity contribution is -0.388. The van der Waals surface area contributed by atoms with Gasteiger partial charge in [0.05, 0.1) is 4.92 Å². The summed E-state index contributed by atoms with van der Waals surface area (Å²) in [4.78, 5) is 20.0. The SMILES string of the molecule is CCC(C(=O)O)n1cc([N+](=O)[O-])c(C(F)(F)F)n1. The van der Waals surface area contributed by atoms with Crippen molar-refractivity contribution in [3.05, 3.63) is 22.0 Å². The van der Waals surface area contributed by atoms with Crippen LogP contribution in [0.15, 0.2) is 6.20 Å². The van der Waals surface area contributed by atoms with E-state index in [1.807, 2.05) is 0 Å². The van der Waals surface area contributed by atoms with Crippen molar-refractivity contribution >= 4 is 11.7 Å². The number of carboxylic acid groups (broad SMARTS) is 1. The van der Waals surface area contributed by atoms with Crippen molar-refractivity contribution in [1.82, 2.24) is 9.78 Å². The third kappa shape index (κ3) is 2.57. The monoisotopic (exact) mass is 267 g/mol. The van der Waals surface area contributed by atoms with Gasteiger partial charge in [0.2, 0.25) is 5.69 Å². The summed E-state index contributed by atoms with van der Waals surface area (Å²) in [5.41, 5.74) is -2.96. The van der Waals surface area contributed by atoms with E-state index in [9.17, 15) is 28.1 Å². The van der Waals surface area contributed by atoms with E-state index in [0.717, 1.165) is 0 Å². The number of alkyl halides is 3. The average Bonchev–Trinajstić information content (AvgIpc) is 2.62. The lowest BCUT2D eigenvalue weighted by Gasteiger charge is -2.09. The Hall–Kier alpha value is -2.13. The van der Waals surface area contributed by atoms with Crippen LogP contribution in [0.4, 0.5) is 18.9 Å². The first-order valence-corrected chi connectivity index (χ1v) is 4.72. The Labute approximate surface area is 98.0 Å². The van der Waals surface area contributed by atoms with Gasteiger partial charge in [0.1, 0.15) is 12.2 Å². The summed E-state index contributed by atoms with van der Waals surface area (Å²) in [5.74, 6) is -1.41. The first-order chi connectivity index (χ1) is 8.18. The second-order valence-electron chi connectivity index (χ2n) is 3.36. The van der Waals surface area contributed by atoms with Gasteiger partial charge in [0.15, 0.2) is 0 Å². The number of aliphatic carboxylic acids is 1. The van der Waals surface area contributed by atoms with Gasteiger partial charge in [-0.05, 0) is 6.42 Å². The lowest BCUT2D eigenvalue weighted by Crippen LogP contribution is -2.19. The molecule has 0 amide bonds. The fourth-order valence-corrected chi connectivity index (χ4v) is 1.35. The molecule has 0 radical (unpaired) electrons. The molecule has 0 saturated carbocycles. The van der Waals surface area contributed by atoms with Gasteiger partial charge in [-0.15, -0.1) is 0 Å². The van der Waals surface area contributed by atoms with Crippen molar-refractivity contribution in [2.45, 2.75) is 25.6 Å². The van der Waals surface area contributed by atoms with E-state index < -0.39 is 34.5 Å². The highest BCUT2D eigenvalue weighted by Gasteiger charge is 2.43. The molecule has 1 rings (SSSR count). The van der Waals surface area contributed by atoms with Crippen molar-refractivity contribution < 1.29 is 28.0 Å². The number of nitrogens with zero attached hydrogens (tertiary/aromatic N) is 3. The van der Waals surface area contributed by atoms with Crippen LogP contribution in [0.1, 0.15) is 25.1 Å². The maximum atomic E-state index is 12.5. The zero-order chi connectivity index (χ0) is 14.1. The van der Waals surface area contributed by atoms with Crippen LogP contribution in [0.2, 0.25) is 0 Å². The number of carboxylic acids is 1. The molecule has 1 unspecified atom stereocenters. The van der Waals surface area contributed by atoms with Gasteiger partial charge in [-0.25, -0.2) is 4.79 Å². The number of hydrogen-bond acceptors (Lipinski definition) is 4. The molecule has 0 aliphatic carbocycles. The summed E-state index contributed by atoms with van der Waals surface area (Å²) in [6, 6.07) is -1.38. The van der Waals surface area contributed by atoms with E-state index >= 15 is 0 Å². The summed E-state index contributed by atoms with van der Waals surface area (Å²) < 4.78 is 37.8. The molecule has 0 saturated heterocycles. The van der Waals surface area contributed by atoms with E-state index in [1.54, 1.807) is 0 Å². The van der Waals surface area contributed by atoms with Crippen LogP contribution in [-0.4, -0.2) is 25.8 Å². The predicted molar refractivity (Wildman–Crippen MR) is 50.8 cm³/mol. The standard InChI is InChI=1S/C8H8F3N3O4/c1-2-4(7(15)16)13-3-5(14(17)18)6(12-13)8(9,10)11/h3-4H,2H2,1H3,(H,15,16). The Morgan fingerprint density at radius 3 is 2.50 bits per heavy atom. The maximum absolute atomic E-state index is 12.5. The number of rotatable bonds is 4. The normalized spacial score (nSPS) is 13.3. The molecule has 100 valence electrons. The molecule has 10 heteroatoms. The molecule has 1 heterocycles. The van der Waals surface area contributed by atoms with Crippen LogP contribution in [0, 0.1) is 10.1 Å². The van der Waals surface area contributed by atoms with Gasteiger partial charge >= 0.3 is 17.8 Å². The lowest BCUT2D eigenvalue weighted by atomic mass is 10.2. The Bertz CT molecular complexity index is 482. The summed E-state index contributed by atoms with van der Waals surface area (Å²) in [6.45, 7) is 1.42. The van der Waals surface area contributed by atoms with Crippen LogP contribution < -0.4 is 0 Å². The molecule has 0 aliphatic heterocycles. The summed E-state index contributed by atoms with van der Waals surface area (Å²) in [7, 11) is 0. The van der Waals surface area contributed by atoms with Crippen LogP contribution in [0.25, 0.3) is 0 Å². The minimum absolute atomic E-state index is 0.0501. The molecule has 1 atom stereocenters. The number of nitro groups is 1. The van der Waals surface area contributed by atoms with Gasteiger partial charge in [0.25, 0.3) is 0 Å². The summed E-state index contributed by atoms with van der Waals surface area (Å²) in [6.07, 6.45) is -4.58. The Morgan fingerprint density at radius 1 is 1.67 bits per heavy atom. The first kappa shape index (κ1) is 13.9. The number of hydrogen-bond donors (Lipinski definition) is 1. The van der Waals surface area contributed by atoms with Crippen molar-refractivity contribution in [1.29, 1.82) is 0 Å². The summed E-state index contributed by atoms with van der Waals surface area (Å²) in [5, 5.41) is 22.2. The smallest absolute Gasteiger partial charge is 0.442 e. The van der Waals surface area contributed by atoms with Crippen LogP contribution in [0.5, 0.6) is 0 Å². The average molecular weight is 267 g/mol. The van der Waals surface area contributed by atoms with E-state index in [-0.39, 0.29) is 6.42 Å². The Kier molecular flexibility index (Phi) is 3.58. The molecule has 7 nitrogen and oxygen atoms in total. The molecule has 1 aromatic rings. The van der Waals surface area contributed by atoms with Crippen molar-refractivity contribution in [2.75, 3.05) is 0 Å². The minimum Gasteiger partial charge on any atom is -0.480 e. The van der Waals surface area contributed by atoms with Crippen LogP contribution in [0.3, 0.4) is 0 Å². The molecule has 0 fully saturated rings. The third-order valence-electron chi connectivity index (χ3n) is 2.17. The zero-order valence-corrected chi connectivity index (χ0v) is 9.01. The highest BCUT2D eigenvalue weighted by Crippen LogP contribution is 2.35. The molecular weight excluding hydrogens is 259 g/mol. The molecule has 1 N–H and O–H groups in total. The topological polar surface area (TPSA) is 98.3 Å². The van der Waals surface area contributed by atoms with Gasteiger partial charge < -0.3 is 5.11 Å². The van der Waals surface area contributed by atoms with Gasteiger partial charge in [-0.2, -0.15) is 18.3 Å². The second kappa shape index (κ2) is 4.63. The summed E-state index contributed by atoms with van der Waals surface area (Å²) >= 11 is 0. The molecule has 0 bridgehead atoms. The molecule has 18 heavy (non-hydrogen) atoms. The first-order valence-electron chi connectivity index (χ1n) is 4.72. The van der Waals surface area contributed by atoms with Crippen molar-refractivity contribution in [3.63, 3.8) is 0 Å². The molecule has 1 aromatic heterocycles. The van der Waals surface area contributed by atoms with E-state index in [2.05, 4.69) is 5.10 Å². The van der Waals surface area contributed by atoms with Gasteiger partial charge in [0, 0.05) is 0 Å². The largest absolute Gasteiger partial charge is 0.480 e. The molecular formula is C8H8F3N3O4. The number of aromatic nitrogens is 2. The van der Waals surface area contributed by atoms with Gasteiger partial charge in [-0.3, -0.25) is 14.8 Å². The molecule has 0 aromatic carbocycles. The van der Waals surface area contributed by atoms with E-state index in [4.69, 9.17) is 5.11 Å². The fraction of sp³-hybridized carbons (Fsp3) is 0.500. The Balaban J connectivity index is 3.34. The van der Waals surface area contributed by atoms with Crippen LogP contribution >= 0.6 is 0 Å². The van der Waals surface area contributed by atoms with Crippen molar-refractivity contribution in [3.8, 4) is 0 Å². The maximum Gasteiger partial charge on any atom is 0.442 e. The highest BCUT2D eigenvalue weighted by atomic mass is 19.4. The quantitative estimate of drug-likeness (QED) is 0.663. The minimum atomic E-state index is -5.01. The number of halogens is 3. The highest BCUT2D eigenvalue weighted by molar-refractivity contribution is 5.71. The zero-order valence-electron chi connectivity index (χ0n) is 9.01. The third-order valence-corrected chi connectivity index (χ3v) is 2.17. The Morgan fingerprint density at radius 2 is 2.22 bits per heavy atom. The fourth-order valence-electron chi connectivity index (χ4n) is 1.35. The van der Waals surface area contributed by atoms with Gasteiger partial charge in [-0.1, -0.05) is 6.92 Å². The van der Waals surface area contributed by atoms with E-state index in [1.165, 1.54) is 6.92 Å². The predicted octanol–water partition coefficient (Wildman–Crippen LogP) is 1.85. The van der Waals surface area contributed by atoms with E-state index in [0.29, 0.717) is 10.9 Å². The second-order valence-corrected chi connectivity index (χ2v) is 3.36.